The number of carbonyl (C=O) groups is 1. The molecule has 1 aromatic rings. The van der Waals surface area contributed by atoms with E-state index in [0.717, 1.165) is 0 Å². The maximum atomic E-state index is 11.3. The molecule has 4 nitrogen and oxygen atoms in total. The highest BCUT2D eigenvalue weighted by Crippen LogP contribution is 2.33. The number of hydrogen-bond acceptors (Lipinski definition) is 3. The lowest BCUT2D eigenvalue weighted by molar-refractivity contribution is -0.119. The molecule has 1 amide bonds. The van der Waals surface area contributed by atoms with Crippen molar-refractivity contribution < 1.29 is 15.0 Å². The zero-order valence-corrected chi connectivity index (χ0v) is 12.0. The SMILES string of the molecule is CC(=O)NC(CC(C)C(C)C)c1cc(O)ccc1O. The summed E-state index contributed by atoms with van der Waals surface area (Å²) in [5.74, 6) is 0.894. The van der Waals surface area contributed by atoms with E-state index in [1.165, 1.54) is 25.1 Å². The van der Waals surface area contributed by atoms with Crippen LogP contribution in [-0.4, -0.2) is 16.1 Å². The largest absolute Gasteiger partial charge is 0.508 e. The van der Waals surface area contributed by atoms with E-state index < -0.39 is 0 Å². The minimum Gasteiger partial charge on any atom is -0.508 e. The van der Waals surface area contributed by atoms with Crippen molar-refractivity contribution in [1.82, 2.24) is 5.32 Å². The fourth-order valence-electron chi connectivity index (χ4n) is 1.97. The number of amides is 1. The van der Waals surface area contributed by atoms with E-state index in [1.807, 2.05) is 0 Å². The van der Waals surface area contributed by atoms with Crippen molar-refractivity contribution in [1.29, 1.82) is 0 Å². The quantitative estimate of drug-likeness (QED) is 0.717. The maximum absolute atomic E-state index is 11.3. The van der Waals surface area contributed by atoms with Gasteiger partial charge in [0.05, 0.1) is 6.04 Å². The van der Waals surface area contributed by atoms with Crippen LogP contribution in [0.25, 0.3) is 0 Å². The minimum atomic E-state index is -0.290. The smallest absolute Gasteiger partial charge is 0.217 e. The summed E-state index contributed by atoms with van der Waals surface area (Å²) in [7, 11) is 0. The molecule has 106 valence electrons. The first kappa shape index (κ1) is 15.3. The van der Waals surface area contributed by atoms with Crippen molar-refractivity contribution in [3.63, 3.8) is 0 Å². The second kappa shape index (κ2) is 6.45. The number of phenolic OH excluding ortho intramolecular Hbond substituents is 2. The van der Waals surface area contributed by atoms with Crippen molar-refractivity contribution in [3.8, 4) is 11.5 Å². The normalized spacial score (nSPS) is 14.2. The maximum Gasteiger partial charge on any atom is 0.217 e. The third-order valence-electron chi connectivity index (χ3n) is 3.51. The second-order valence-corrected chi connectivity index (χ2v) is 5.45. The average molecular weight is 265 g/mol. The molecule has 0 bridgehead atoms. The number of phenols is 2. The van der Waals surface area contributed by atoms with E-state index >= 15 is 0 Å². The number of hydrogen-bond donors (Lipinski definition) is 3. The van der Waals surface area contributed by atoms with Crippen LogP contribution in [0.5, 0.6) is 11.5 Å². The Bertz CT molecular complexity index is 443. The highest BCUT2D eigenvalue weighted by Gasteiger charge is 2.21. The summed E-state index contributed by atoms with van der Waals surface area (Å²) in [6, 6.07) is 4.08. The van der Waals surface area contributed by atoms with Crippen LogP contribution in [0.2, 0.25) is 0 Å². The Hall–Kier alpha value is -1.71. The van der Waals surface area contributed by atoms with Crippen LogP contribution >= 0.6 is 0 Å². The zero-order valence-electron chi connectivity index (χ0n) is 12.0. The summed E-state index contributed by atoms with van der Waals surface area (Å²) in [6.07, 6.45) is 0.717. The molecule has 19 heavy (non-hydrogen) atoms. The minimum absolute atomic E-state index is 0.0837. The molecule has 4 heteroatoms. The van der Waals surface area contributed by atoms with Gasteiger partial charge in [-0.1, -0.05) is 20.8 Å². The van der Waals surface area contributed by atoms with E-state index in [2.05, 4.69) is 26.1 Å². The first-order valence-corrected chi connectivity index (χ1v) is 6.60. The molecule has 3 N–H and O–H groups in total. The Kier molecular flexibility index (Phi) is 5.21. The summed E-state index contributed by atoms with van der Waals surface area (Å²) < 4.78 is 0. The fourth-order valence-corrected chi connectivity index (χ4v) is 1.97. The third kappa shape index (κ3) is 4.47. The van der Waals surface area contributed by atoms with E-state index in [9.17, 15) is 15.0 Å². The molecule has 0 aliphatic heterocycles. The molecule has 0 saturated heterocycles. The second-order valence-electron chi connectivity index (χ2n) is 5.45. The molecule has 0 heterocycles. The topological polar surface area (TPSA) is 69.6 Å². The van der Waals surface area contributed by atoms with Gasteiger partial charge in [-0.2, -0.15) is 0 Å². The molecule has 1 aromatic carbocycles. The van der Waals surface area contributed by atoms with Crippen LogP contribution in [0.4, 0.5) is 0 Å². The lowest BCUT2D eigenvalue weighted by atomic mass is 9.88. The number of rotatable bonds is 5. The lowest BCUT2D eigenvalue weighted by Crippen LogP contribution is -2.28. The first-order valence-electron chi connectivity index (χ1n) is 6.60. The molecule has 0 spiro atoms. The molecule has 2 atom stereocenters. The standard InChI is InChI=1S/C15H23NO3/c1-9(2)10(3)7-14(16-11(4)17)13-8-12(18)5-6-15(13)19/h5-6,8-10,14,18-19H,7H2,1-4H3,(H,16,17). The average Bonchev–Trinajstić information content (AvgIpc) is 2.30. The number of carbonyl (C=O) groups excluding carboxylic acids is 1. The molecular formula is C15H23NO3. The molecule has 2 unspecified atom stereocenters. The highest BCUT2D eigenvalue weighted by atomic mass is 16.3. The van der Waals surface area contributed by atoms with Crippen LogP contribution in [-0.2, 0) is 4.79 Å². The zero-order chi connectivity index (χ0) is 14.6. The van der Waals surface area contributed by atoms with Gasteiger partial charge in [-0.25, -0.2) is 0 Å². The van der Waals surface area contributed by atoms with Crippen LogP contribution < -0.4 is 5.32 Å². The van der Waals surface area contributed by atoms with Gasteiger partial charge in [-0.05, 0) is 36.5 Å². The van der Waals surface area contributed by atoms with Gasteiger partial charge in [0, 0.05) is 12.5 Å². The van der Waals surface area contributed by atoms with E-state index in [4.69, 9.17) is 0 Å². The van der Waals surface area contributed by atoms with Crippen molar-refractivity contribution in [2.45, 2.75) is 40.2 Å². The Labute approximate surface area is 114 Å². The molecule has 0 fully saturated rings. The Morgan fingerprint density at radius 1 is 1.26 bits per heavy atom. The van der Waals surface area contributed by atoms with Crippen LogP contribution in [0.1, 0.15) is 45.7 Å². The molecule has 0 radical (unpaired) electrons. The summed E-state index contributed by atoms with van der Waals surface area (Å²) in [4.78, 5) is 11.3. The summed E-state index contributed by atoms with van der Waals surface area (Å²) in [5.41, 5.74) is 0.558. The van der Waals surface area contributed by atoms with Crippen molar-refractivity contribution >= 4 is 5.91 Å². The van der Waals surface area contributed by atoms with Crippen LogP contribution in [0, 0.1) is 11.8 Å². The van der Waals surface area contributed by atoms with Gasteiger partial charge in [0.2, 0.25) is 5.91 Å². The van der Waals surface area contributed by atoms with E-state index in [-0.39, 0.29) is 23.4 Å². The predicted molar refractivity (Wildman–Crippen MR) is 74.9 cm³/mol. The van der Waals surface area contributed by atoms with E-state index in [0.29, 0.717) is 23.8 Å². The highest BCUT2D eigenvalue weighted by molar-refractivity contribution is 5.73. The summed E-state index contributed by atoms with van der Waals surface area (Å²) in [6.45, 7) is 7.81. The summed E-state index contributed by atoms with van der Waals surface area (Å²) >= 11 is 0. The summed E-state index contributed by atoms with van der Waals surface area (Å²) in [5, 5.41) is 22.3. The molecule has 0 aliphatic carbocycles. The molecule has 0 saturated carbocycles. The van der Waals surface area contributed by atoms with Crippen molar-refractivity contribution in [2.75, 3.05) is 0 Å². The van der Waals surface area contributed by atoms with Gasteiger partial charge in [0.25, 0.3) is 0 Å². The predicted octanol–water partition coefficient (Wildman–Crippen LogP) is 2.96. The van der Waals surface area contributed by atoms with Gasteiger partial charge in [-0.15, -0.1) is 0 Å². The van der Waals surface area contributed by atoms with Gasteiger partial charge >= 0.3 is 0 Å². The lowest BCUT2D eigenvalue weighted by Gasteiger charge is -2.25. The van der Waals surface area contributed by atoms with Crippen LogP contribution in [0.3, 0.4) is 0 Å². The van der Waals surface area contributed by atoms with Crippen molar-refractivity contribution in [2.24, 2.45) is 11.8 Å². The van der Waals surface area contributed by atoms with E-state index in [1.54, 1.807) is 0 Å². The van der Waals surface area contributed by atoms with Gasteiger partial charge < -0.3 is 15.5 Å². The van der Waals surface area contributed by atoms with Gasteiger partial charge in [0.1, 0.15) is 11.5 Å². The van der Waals surface area contributed by atoms with Crippen LogP contribution in [0.15, 0.2) is 18.2 Å². The number of aromatic hydroxyl groups is 2. The molecular weight excluding hydrogens is 242 g/mol. The fraction of sp³-hybridized carbons (Fsp3) is 0.533. The molecule has 1 rings (SSSR count). The molecule has 0 aliphatic rings. The Morgan fingerprint density at radius 3 is 2.42 bits per heavy atom. The third-order valence-corrected chi connectivity index (χ3v) is 3.51. The number of benzene rings is 1. The molecule has 0 aromatic heterocycles. The first-order chi connectivity index (χ1) is 8.81. The van der Waals surface area contributed by atoms with Gasteiger partial charge in [-0.3, -0.25) is 4.79 Å². The van der Waals surface area contributed by atoms with Gasteiger partial charge in [0.15, 0.2) is 0 Å². The number of nitrogens with one attached hydrogen (secondary N) is 1. The monoisotopic (exact) mass is 265 g/mol. The van der Waals surface area contributed by atoms with Crippen molar-refractivity contribution in [3.05, 3.63) is 23.8 Å². The Balaban J connectivity index is 3.01. The Morgan fingerprint density at radius 2 is 1.89 bits per heavy atom.